The van der Waals surface area contributed by atoms with Crippen LogP contribution in [0.3, 0.4) is 0 Å². The number of carbonyl (C=O) groups excluding carboxylic acids is 1. The van der Waals surface area contributed by atoms with Crippen molar-refractivity contribution in [2.24, 2.45) is 0 Å². The topological polar surface area (TPSA) is 78.4 Å². The summed E-state index contributed by atoms with van der Waals surface area (Å²) in [5, 5.41) is 12.0. The minimum Gasteiger partial charge on any atom is -0.394 e. The van der Waals surface area contributed by atoms with Crippen LogP contribution in [0.15, 0.2) is 12.4 Å². The van der Waals surface area contributed by atoms with Crippen LogP contribution in [-0.4, -0.2) is 45.2 Å². The van der Waals surface area contributed by atoms with E-state index in [-0.39, 0.29) is 23.8 Å². The summed E-state index contributed by atoms with van der Waals surface area (Å²) < 4.78 is 0. The lowest BCUT2D eigenvalue weighted by Gasteiger charge is -2.22. The van der Waals surface area contributed by atoms with Gasteiger partial charge < -0.3 is 10.0 Å². The van der Waals surface area contributed by atoms with E-state index in [1.165, 1.54) is 12.4 Å². The summed E-state index contributed by atoms with van der Waals surface area (Å²) in [7, 11) is 0. The molecule has 1 aromatic heterocycles. The molecule has 1 fully saturated rings. The van der Waals surface area contributed by atoms with E-state index >= 15 is 0 Å². The molecule has 1 saturated heterocycles. The second-order valence-corrected chi connectivity index (χ2v) is 4.22. The Morgan fingerprint density at radius 3 is 3.18 bits per heavy atom. The third-order valence-corrected chi connectivity index (χ3v) is 2.87. The molecule has 7 heteroatoms. The zero-order valence-corrected chi connectivity index (χ0v) is 9.89. The molecule has 0 radical (unpaired) electrons. The first kappa shape index (κ1) is 12.1. The fraction of sp³-hybridized carbons (Fsp3) is 0.500. The maximum absolute atomic E-state index is 11.9. The average molecular weight is 257 g/mol. The maximum Gasteiger partial charge on any atom is 0.323 e. The summed E-state index contributed by atoms with van der Waals surface area (Å²) in [6.07, 6.45) is 4.54. The normalized spacial score (nSPS) is 19.4. The first-order valence-corrected chi connectivity index (χ1v) is 5.74. The molecule has 2 amide bonds. The van der Waals surface area contributed by atoms with E-state index in [0.717, 1.165) is 12.8 Å². The van der Waals surface area contributed by atoms with Gasteiger partial charge in [0.2, 0.25) is 0 Å². The van der Waals surface area contributed by atoms with E-state index in [9.17, 15) is 4.79 Å². The number of rotatable bonds is 2. The number of amides is 2. The van der Waals surface area contributed by atoms with Crippen molar-refractivity contribution < 1.29 is 9.90 Å². The van der Waals surface area contributed by atoms with Crippen LogP contribution in [0.25, 0.3) is 0 Å². The molecule has 1 aromatic rings. The fourth-order valence-electron chi connectivity index (χ4n) is 1.88. The summed E-state index contributed by atoms with van der Waals surface area (Å²) >= 11 is 5.67. The summed E-state index contributed by atoms with van der Waals surface area (Å²) in [4.78, 5) is 21.2. The number of hydrogen-bond acceptors (Lipinski definition) is 4. The van der Waals surface area contributed by atoms with Crippen LogP contribution < -0.4 is 5.32 Å². The monoisotopic (exact) mass is 256 g/mol. The van der Waals surface area contributed by atoms with Crippen LogP contribution in [0.2, 0.25) is 5.15 Å². The van der Waals surface area contributed by atoms with Gasteiger partial charge in [0.25, 0.3) is 0 Å². The van der Waals surface area contributed by atoms with E-state index in [0.29, 0.717) is 12.4 Å². The third kappa shape index (κ3) is 2.83. The van der Waals surface area contributed by atoms with Crippen molar-refractivity contribution in [2.45, 2.75) is 18.9 Å². The second-order valence-electron chi connectivity index (χ2n) is 3.83. The zero-order chi connectivity index (χ0) is 12.3. The van der Waals surface area contributed by atoms with Crippen molar-refractivity contribution in [1.29, 1.82) is 0 Å². The Balaban J connectivity index is 2.01. The lowest BCUT2D eigenvalue weighted by molar-refractivity contribution is 0.166. The van der Waals surface area contributed by atoms with Gasteiger partial charge >= 0.3 is 6.03 Å². The van der Waals surface area contributed by atoms with Gasteiger partial charge in [-0.15, -0.1) is 0 Å². The Kier molecular flexibility index (Phi) is 3.75. The van der Waals surface area contributed by atoms with E-state index < -0.39 is 0 Å². The van der Waals surface area contributed by atoms with Gasteiger partial charge in [-0.3, -0.25) is 10.3 Å². The number of aromatic nitrogens is 2. The van der Waals surface area contributed by atoms with Gasteiger partial charge in [0, 0.05) is 6.54 Å². The first-order valence-electron chi connectivity index (χ1n) is 5.36. The van der Waals surface area contributed by atoms with Gasteiger partial charge in [-0.25, -0.2) is 9.78 Å². The van der Waals surface area contributed by atoms with Crippen molar-refractivity contribution in [3.63, 3.8) is 0 Å². The molecule has 2 rings (SSSR count). The summed E-state index contributed by atoms with van der Waals surface area (Å²) in [6, 6.07) is -0.389. The molecule has 0 saturated carbocycles. The lowest BCUT2D eigenvalue weighted by Crippen LogP contribution is -2.40. The minimum atomic E-state index is -0.280. The Morgan fingerprint density at radius 1 is 1.65 bits per heavy atom. The lowest BCUT2D eigenvalue weighted by atomic mass is 10.2. The highest BCUT2D eigenvalue weighted by molar-refractivity contribution is 6.29. The average Bonchev–Trinajstić information content (AvgIpc) is 2.77. The molecule has 0 bridgehead atoms. The van der Waals surface area contributed by atoms with Gasteiger partial charge in [0.15, 0.2) is 5.82 Å². The van der Waals surface area contributed by atoms with Crippen LogP contribution >= 0.6 is 11.6 Å². The number of aliphatic hydroxyl groups is 1. The van der Waals surface area contributed by atoms with Gasteiger partial charge in [0.1, 0.15) is 5.15 Å². The van der Waals surface area contributed by atoms with E-state index in [4.69, 9.17) is 16.7 Å². The van der Waals surface area contributed by atoms with E-state index in [2.05, 4.69) is 15.3 Å². The van der Waals surface area contributed by atoms with E-state index in [1.54, 1.807) is 4.90 Å². The number of aliphatic hydroxyl groups excluding tert-OH is 1. The largest absolute Gasteiger partial charge is 0.394 e. The Labute approximate surface area is 104 Å². The van der Waals surface area contributed by atoms with E-state index in [1.807, 2.05) is 0 Å². The highest BCUT2D eigenvalue weighted by atomic mass is 35.5. The molecule has 2 N–H and O–H groups in total. The SMILES string of the molecule is O=C(Nc1cncc(Cl)n1)N1CCC[C@H]1CO. The molecule has 1 aliphatic rings. The highest BCUT2D eigenvalue weighted by Crippen LogP contribution is 2.18. The van der Waals surface area contributed by atoms with Crippen molar-refractivity contribution in [2.75, 3.05) is 18.5 Å². The maximum atomic E-state index is 11.9. The van der Waals surface area contributed by atoms with Crippen LogP contribution in [0.5, 0.6) is 0 Å². The Bertz CT molecular complexity index is 415. The summed E-state index contributed by atoms with van der Waals surface area (Å²) in [5.41, 5.74) is 0. The molecule has 1 atom stereocenters. The molecule has 0 aliphatic carbocycles. The predicted octanol–water partition coefficient (Wildman–Crippen LogP) is 1.12. The molecular weight excluding hydrogens is 244 g/mol. The number of nitrogens with one attached hydrogen (secondary N) is 1. The summed E-state index contributed by atoms with van der Waals surface area (Å²) in [6.45, 7) is 0.625. The Morgan fingerprint density at radius 2 is 2.47 bits per heavy atom. The van der Waals surface area contributed by atoms with Crippen molar-refractivity contribution >= 4 is 23.4 Å². The van der Waals surface area contributed by atoms with Crippen molar-refractivity contribution in [3.05, 3.63) is 17.5 Å². The van der Waals surface area contributed by atoms with Crippen LogP contribution in [0.4, 0.5) is 10.6 Å². The molecule has 0 unspecified atom stereocenters. The zero-order valence-electron chi connectivity index (χ0n) is 9.14. The third-order valence-electron chi connectivity index (χ3n) is 2.69. The number of carbonyl (C=O) groups is 1. The standard InChI is InChI=1S/C10H13ClN4O2/c11-8-4-12-5-9(13-8)14-10(17)15-3-1-2-7(15)6-16/h4-5,7,16H,1-3,6H2,(H,13,14,17)/t7-/m0/s1. The number of hydrogen-bond donors (Lipinski definition) is 2. The minimum absolute atomic E-state index is 0.0192. The predicted molar refractivity (Wildman–Crippen MR) is 62.9 cm³/mol. The quantitative estimate of drug-likeness (QED) is 0.831. The van der Waals surface area contributed by atoms with Crippen LogP contribution in [0, 0.1) is 0 Å². The molecule has 6 nitrogen and oxygen atoms in total. The molecule has 0 spiro atoms. The van der Waals surface area contributed by atoms with Crippen LogP contribution in [0.1, 0.15) is 12.8 Å². The molecule has 2 heterocycles. The highest BCUT2D eigenvalue weighted by Gasteiger charge is 2.28. The molecule has 92 valence electrons. The molecule has 0 aromatic carbocycles. The first-order chi connectivity index (χ1) is 8.20. The second kappa shape index (κ2) is 5.29. The summed E-state index contributed by atoms with van der Waals surface area (Å²) in [5.74, 6) is 0.311. The number of nitrogens with zero attached hydrogens (tertiary/aromatic N) is 3. The number of halogens is 1. The van der Waals surface area contributed by atoms with Crippen molar-refractivity contribution in [1.82, 2.24) is 14.9 Å². The smallest absolute Gasteiger partial charge is 0.323 e. The number of likely N-dealkylation sites (tertiary alicyclic amines) is 1. The Hall–Kier alpha value is -1.40. The fourth-order valence-corrected chi connectivity index (χ4v) is 2.02. The van der Waals surface area contributed by atoms with Gasteiger partial charge in [-0.05, 0) is 12.8 Å². The van der Waals surface area contributed by atoms with Gasteiger partial charge in [0.05, 0.1) is 25.0 Å². The van der Waals surface area contributed by atoms with Crippen LogP contribution in [-0.2, 0) is 0 Å². The van der Waals surface area contributed by atoms with Gasteiger partial charge in [-0.1, -0.05) is 11.6 Å². The number of anilines is 1. The molecular formula is C10H13ClN4O2. The number of urea groups is 1. The van der Waals surface area contributed by atoms with Crippen molar-refractivity contribution in [3.8, 4) is 0 Å². The molecule has 17 heavy (non-hydrogen) atoms. The molecule has 1 aliphatic heterocycles. The van der Waals surface area contributed by atoms with Gasteiger partial charge in [-0.2, -0.15) is 0 Å².